The van der Waals surface area contributed by atoms with E-state index in [1.807, 2.05) is 4.90 Å². The number of primary amides is 1. The molecule has 0 aromatic heterocycles. The lowest BCUT2D eigenvalue weighted by atomic mass is 10.0. The van der Waals surface area contributed by atoms with E-state index in [2.05, 4.69) is 0 Å². The number of esters is 2. The first-order valence-corrected chi connectivity index (χ1v) is 12.3. The molecule has 0 bridgehead atoms. The lowest BCUT2D eigenvalue weighted by Gasteiger charge is -2.31. The molecule has 3 rings (SSSR count). The number of nitrogens with two attached hydrogens (primary N) is 1. The molecule has 1 saturated heterocycles. The Morgan fingerprint density at radius 1 is 0.943 bits per heavy atom. The molecule has 2 aromatic rings. The normalized spacial score (nSPS) is 14.3. The number of hydrogen-bond acceptors (Lipinski definition) is 6. The van der Waals surface area contributed by atoms with Gasteiger partial charge in [0.15, 0.2) is 11.3 Å². The average Bonchev–Trinajstić information content (AvgIpc) is 2.79. The summed E-state index contributed by atoms with van der Waals surface area (Å²) in [6, 6.07) is 7.12. The molecular formula is C24H22Cl4N2O5. The number of ether oxygens (including phenoxy) is 2. The molecule has 0 radical (unpaired) electrons. The first-order valence-electron chi connectivity index (χ1n) is 10.8. The van der Waals surface area contributed by atoms with E-state index < -0.39 is 29.2 Å². The Hall–Kier alpha value is -2.45. The fraction of sp³-hybridized carbons (Fsp3) is 0.292. The lowest BCUT2D eigenvalue weighted by molar-refractivity contribution is -0.139. The molecule has 0 unspecified atom stereocenters. The molecule has 186 valence electrons. The van der Waals surface area contributed by atoms with Crippen LogP contribution in [-0.4, -0.2) is 37.5 Å². The van der Waals surface area contributed by atoms with Crippen molar-refractivity contribution < 1.29 is 23.9 Å². The van der Waals surface area contributed by atoms with E-state index in [1.165, 1.54) is 24.3 Å². The van der Waals surface area contributed by atoms with Gasteiger partial charge < -0.3 is 20.1 Å². The second kappa shape index (κ2) is 12.0. The maximum absolute atomic E-state index is 13.1. The van der Waals surface area contributed by atoms with Gasteiger partial charge in [0.25, 0.3) is 5.91 Å². The highest BCUT2D eigenvalue weighted by Gasteiger charge is 2.31. The monoisotopic (exact) mass is 558 g/mol. The zero-order valence-corrected chi connectivity index (χ0v) is 21.7. The fourth-order valence-corrected chi connectivity index (χ4v) is 4.86. The standard InChI is InChI=1S/C24H22Cl4N2O5/c1-2-34-24(33)18(22(29)31)21(35-23(32)14-7-6-13(25)12-17(14)27)15-8-9-16(26)20(19(15)28)30-10-4-3-5-11-30/h6-9,12H,2-5,10-11H2,1H3,(H2,29,31). The quantitative estimate of drug-likeness (QED) is 0.149. The smallest absolute Gasteiger partial charge is 0.347 e. The Balaban J connectivity index is 2.20. The van der Waals surface area contributed by atoms with E-state index in [0.717, 1.165) is 19.3 Å². The van der Waals surface area contributed by atoms with Crippen LogP contribution in [-0.2, 0) is 19.1 Å². The van der Waals surface area contributed by atoms with Gasteiger partial charge in [0.1, 0.15) is 0 Å². The maximum atomic E-state index is 13.1. The lowest BCUT2D eigenvalue weighted by Crippen LogP contribution is -2.30. The van der Waals surface area contributed by atoms with Crippen molar-refractivity contribution in [2.45, 2.75) is 26.2 Å². The number of piperidine rings is 1. The number of anilines is 1. The largest absolute Gasteiger partial charge is 0.462 e. The van der Waals surface area contributed by atoms with Crippen molar-refractivity contribution in [2.75, 3.05) is 24.6 Å². The molecule has 11 heteroatoms. The Bertz CT molecular complexity index is 1190. The zero-order chi connectivity index (χ0) is 25.7. The molecule has 1 aliphatic heterocycles. The van der Waals surface area contributed by atoms with Gasteiger partial charge in [-0.05, 0) is 56.5 Å². The van der Waals surface area contributed by atoms with E-state index >= 15 is 0 Å². The van der Waals surface area contributed by atoms with Crippen molar-refractivity contribution in [1.29, 1.82) is 0 Å². The first kappa shape index (κ1) is 27.1. The van der Waals surface area contributed by atoms with Gasteiger partial charge in [-0.3, -0.25) is 4.79 Å². The van der Waals surface area contributed by atoms with Crippen molar-refractivity contribution in [3.8, 4) is 0 Å². The highest BCUT2D eigenvalue weighted by atomic mass is 35.5. The molecule has 0 saturated carbocycles. The minimum Gasteiger partial charge on any atom is -0.462 e. The number of carbonyl (C=O) groups is 3. The molecule has 1 amide bonds. The number of halogens is 4. The first-order chi connectivity index (χ1) is 16.6. The van der Waals surface area contributed by atoms with Gasteiger partial charge in [-0.25, -0.2) is 9.59 Å². The van der Waals surface area contributed by atoms with Gasteiger partial charge in [0.2, 0.25) is 0 Å². The Kier molecular flexibility index (Phi) is 9.30. The van der Waals surface area contributed by atoms with E-state index in [9.17, 15) is 14.4 Å². The van der Waals surface area contributed by atoms with E-state index in [1.54, 1.807) is 13.0 Å². The van der Waals surface area contributed by atoms with Crippen LogP contribution in [0.4, 0.5) is 5.69 Å². The van der Waals surface area contributed by atoms with Crippen LogP contribution in [0.25, 0.3) is 5.76 Å². The van der Waals surface area contributed by atoms with Gasteiger partial charge in [-0.2, -0.15) is 0 Å². The minimum absolute atomic E-state index is 0.00909. The molecule has 1 aliphatic rings. The average molecular weight is 560 g/mol. The van der Waals surface area contributed by atoms with Crippen molar-refractivity contribution in [1.82, 2.24) is 0 Å². The van der Waals surface area contributed by atoms with Gasteiger partial charge in [0.05, 0.1) is 32.9 Å². The van der Waals surface area contributed by atoms with E-state index in [-0.39, 0.29) is 27.8 Å². The summed E-state index contributed by atoms with van der Waals surface area (Å²) in [6.45, 7) is 2.93. The predicted molar refractivity (Wildman–Crippen MR) is 137 cm³/mol. The Labute approximate surface area is 222 Å². The molecular weight excluding hydrogens is 538 g/mol. The third kappa shape index (κ3) is 6.22. The van der Waals surface area contributed by atoms with E-state index in [4.69, 9.17) is 61.6 Å². The summed E-state index contributed by atoms with van der Waals surface area (Å²) in [5, 5.41) is 0.768. The topological polar surface area (TPSA) is 98.9 Å². The molecule has 0 aliphatic carbocycles. The van der Waals surface area contributed by atoms with Crippen molar-refractivity contribution in [3.63, 3.8) is 0 Å². The summed E-state index contributed by atoms with van der Waals surface area (Å²) in [7, 11) is 0. The van der Waals surface area contributed by atoms with Crippen molar-refractivity contribution >= 4 is 75.7 Å². The summed E-state index contributed by atoms with van der Waals surface area (Å²) in [4.78, 5) is 40.1. The molecule has 7 nitrogen and oxygen atoms in total. The van der Waals surface area contributed by atoms with Crippen molar-refractivity contribution in [3.05, 3.63) is 67.1 Å². The summed E-state index contributed by atoms with van der Waals surface area (Å²) in [5.74, 6) is -3.67. The van der Waals surface area contributed by atoms with Crippen LogP contribution in [0.1, 0.15) is 42.1 Å². The van der Waals surface area contributed by atoms with Crippen LogP contribution in [0, 0.1) is 0 Å². The number of carbonyl (C=O) groups excluding carboxylic acids is 3. The minimum atomic E-state index is -1.17. The van der Waals surface area contributed by atoms with Crippen LogP contribution < -0.4 is 10.6 Å². The molecule has 35 heavy (non-hydrogen) atoms. The van der Waals surface area contributed by atoms with Crippen LogP contribution in [0.2, 0.25) is 20.1 Å². The summed E-state index contributed by atoms with van der Waals surface area (Å²) in [5.41, 5.74) is 5.35. The third-order valence-electron chi connectivity index (χ3n) is 5.28. The van der Waals surface area contributed by atoms with Crippen LogP contribution in [0.3, 0.4) is 0 Å². The maximum Gasteiger partial charge on any atom is 0.347 e. The second-order valence-electron chi connectivity index (χ2n) is 7.61. The van der Waals surface area contributed by atoms with Crippen LogP contribution in [0.15, 0.2) is 35.9 Å². The molecule has 2 N–H and O–H groups in total. The number of hydrogen-bond donors (Lipinski definition) is 1. The predicted octanol–water partition coefficient (Wildman–Crippen LogP) is 5.91. The summed E-state index contributed by atoms with van der Waals surface area (Å²) < 4.78 is 10.6. The molecule has 0 spiro atoms. The Morgan fingerprint density at radius 2 is 1.60 bits per heavy atom. The molecule has 2 aromatic carbocycles. The number of nitrogens with zero attached hydrogens (tertiary/aromatic N) is 1. The Morgan fingerprint density at radius 3 is 2.20 bits per heavy atom. The second-order valence-corrected chi connectivity index (χ2v) is 9.24. The van der Waals surface area contributed by atoms with Crippen LogP contribution in [0.5, 0.6) is 0 Å². The molecule has 1 heterocycles. The summed E-state index contributed by atoms with van der Waals surface area (Å²) >= 11 is 25.3. The molecule has 0 atom stereocenters. The van der Waals surface area contributed by atoms with E-state index in [0.29, 0.717) is 28.8 Å². The van der Waals surface area contributed by atoms with Crippen LogP contribution >= 0.6 is 46.4 Å². The van der Waals surface area contributed by atoms with Crippen molar-refractivity contribution in [2.24, 2.45) is 5.73 Å². The number of amides is 1. The SMILES string of the molecule is CCOC(=O)C(C(N)=O)=C(OC(=O)c1ccc(Cl)cc1Cl)c1ccc(Cl)c(N2CCCCC2)c1Cl. The highest BCUT2D eigenvalue weighted by molar-refractivity contribution is 6.41. The third-order valence-corrected chi connectivity index (χ3v) is 6.52. The highest BCUT2D eigenvalue weighted by Crippen LogP contribution is 2.41. The number of benzene rings is 2. The molecule has 1 fully saturated rings. The zero-order valence-electron chi connectivity index (χ0n) is 18.7. The summed E-state index contributed by atoms with van der Waals surface area (Å²) in [6.07, 6.45) is 2.96. The number of rotatable bonds is 7. The van der Waals surface area contributed by atoms with Gasteiger partial charge in [-0.1, -0.05) is 46.4 Å². The fourth-order valence-electron chi connectivity index (χ4n) is 3.68. The van der Waals surface area contributed by atoms with Gasteiger partial charge >= 0.3 is 11.9 Å². The van der Waals surface area contributed by atoms with Gasteiger partial charge in [0, 0.05) is 23.7 Å². The van der Waals surface area contributed by atoms with Gasteiger partial charge in [-0.15, -0.1) is 0 Å².